The van der Waals surface area contributed by atoms with Gasteiger partial charge in [0.05, 0.1) is 17.0 Å². The molecule has 7 nitrogen and oxygen atoms in total. The molecule has 0 saturated heterocycles. The molecule has 2 N–H and O–H groups in total. The van der Waals surface area contributed by atoms with E-state index < -0.39 is 4.92 Å². The van der Waals surface area contributed by atoms with E-state index in [9.17, 15) is 14.9 Å². The first kappa shape index (κ1) is 13.9. The highest BCUT2D eigenvalue weighted by Gasteiger charge is 2.16. The molecule has 0 aliphatic rings. The summed E-state index contributed by atoms with van der Waals surface area (Å²) in [7, 11) is 1.59. The summed E-state index contributed by atoms with van der Waals surface area (Å²) in [6.45, 7) is 0.352. The van der Waals surface area contributed by atoms with Gasteiger partial charge in [-0.05, 0) is 12.1 Å². The molecule has 0 aliphatic heterocycles. The van der Waals surface area contributed by atoms with Gasteiger partial charge in [0.15, 0.2) is 0 Å². The predicted octanol–water partition coefficient (Wildman–Crippen LogP) is 2.02. The lowest BCUT2D eigenvalue weighted by atomic mass is 10.1. The summed E-state index contributed by atoms with van der Waals surface area (Å²) >= 11 is 1.43. The Bertz CT molecular complexity index is 628. The topological polar surface area (TPSA) is 97.2 Å². The highest BCUT2D eigenvalue weighted by atomic mass is 32.1. The predicted molar refractivity (Wildman–Crippen MR) is 75.9 cm³/mol. The second kappa shape index (κ2) is 6.11. The third-order valence-corrected chi connectivity index (χ3v) is 3.41. The first-order chi connectivity index (χ1) is 9.61. The number of hydrogen-bond donors (Lipinski definition) is 2. The van der Waals surface area contributed by atoms with E-state index in [4.69, 9.17) is 0 Å². The smallest absolute Gasteiger partial charge is 0.293 e. The Labute approximate surface area is 118 Å². The lowest BCUT2D eigenvalue weighted by molar-refractivity contribution is -0.384. The first-order valence-corrected chi connectivity index (χ1v) is 6.61. The van der Waals surface area contributed by atoms with E-state index in [-0.39, 0.29) is 17.2 Å². The van der Waals surface area contributed by atoms with Crippen molar-refractivity contribution >= 4 is 28.6 Å². The summed E-state index contributed by atoms with van der Waals surface area (Å²) in [4.78, 5) is 27.2. The Morgan fingerprint density at radius 3 is 2.90 bits per heavy atom. The molecule has 2 aromatic rings. The van der Waals surface area contributed by atoms with Crippen LogP contribution in [0.1, 0.15) is 15.2 Å². The highest BCUT2D eigenvalue weighted by molar-refractivity contribution is 7.09. The molecule has 1 amide bonds. The number of thiazole rings is 1. The van der Waals surface area contributed by atoms with Gasteiger partial charge in [0.2, 0.25) is 0 Å². The van der Waals surface area contributed by atoms with Crippen molar-refractivity contribution in [1.29, 1.82) is 0 Å². The fourth-order valence-corrected chi connectivity index (χ4v) is 2.17. The molecular formula is C12H12N4O3S. The molecule has 20 heavy (non-hydrogen) atoms. The zero-order valence-electron chi connectivity index (χ0n) is 10.6. The van der Waals surface area contributed by atoms with Gasteiger partial charge >= 0.3 is 0 Å². The van der Waals surface area contributed by atoms with Crippen molar-refractivity contribution in [3.05, 3.63) is 50.5 Å². The number of amides is 1. The van der Waals surface area contributed by atoms with E-state index in [0.29, 0.717) is 12.2 Å². The summed E-state index contributed by atoms with van der Waals surface area (Å²) in [6.07, 6.45) is 1.66. The van der Waals surface area contributed by atoms with Crippen LogP contribution in [0, 0.1) is 10.1 Å². The molecule has 8 heteroatoms. The Kier molecular flexibility index (Phi) is 4.26. The fourth-order valence-electron chi connectivity index (χ4n) is 1.63. The first-order valence-electron chi connectivity index (χ1n) is 5.73. The van der Waals surface area contributed by atoms with Crippen LogP contribution in [0.4, 0.5) is 11.4 Å². The van der Waals surface area contributed by atoms with Crippen LogP contribution in [0.25, 0.3) is 0 Å². The third kappa shape index (κ3) is 3.09. The molecule has 104 valence electrons. The minimum absolute atomic E-state index is 0.127. The van der Waals surface area contributed by atoms with Gasteiger partial charge < -0.3 is 10.6 Å². The number of aromatic nitrogens is 1. The van der Waals surface area contributed by atoms with Crippen LogP contribution in [-0.4, -0.2) is 22.9 Å². The number of nitrogens with zero attached hydrogens (tertiary/aromatic N) is 2. The molecular weight excluding hydrogens is 280 g/mol. The van der Waals surface area contributed by atoms with Crippen LogP contribution in [0.15, 0.2) is 29.9 Å². The highest BCUT2D eigenvalue weighted by Crippen LogP contribution is 2.25. The third-order valence-electron chi connectivity index (χ3n) is 2.63. The van der Waals surface area contributed by atoms with Crippen molar-refractivity contribution in [2.75, 3.05) is 12.4 Å². The summed E-state index contributed by atoms with van der Waals surface area (Å²) in [5, 5.41) is 16.3. The van der Waals surface area contributed by atoms with Gasteiger partial charge in [-0.2, -0.15) is 0 Å². The van der Waals surface area contributed by atoms with Crippen LogP contribution in [-0.2, 0) is 6.54 Å². The van der Waals surface area contributed by atoms with Crippen molar-refractivity contribution in [1.82, 2.24) is 10.3 Å². The summed E-state index contributed by atoms with van der Waals surface area (Å²) in [5.41, 5.74) is 2.17. The van der Waals surface area contributed by atoms with E-state index >= 15 is 0 Å². The molecule has 0 radical (unpaired) electrons. The van der Waals surface area contributed by atoms with Crippen LogP contribution in [0.5, 0.6) is 0 Å². The number of carbonyl (C=O) groups excluding carboxylic acids is 1. The van der Waals surface area contributed by atoms with E-state index in [1.807, 2.05) is 0 Å². The summed E-state index contributed by atoms with van der Waals surface area (Å²) in [5.74, 6) is -0.357. The maximum atomic E-state index is 11.9. The second-order valence-electron chi connectivity index (χ2n) is 3.89. The van der Waals surface area contributed by atoms with E-state index in [0.717, 1.165) is 4.88 Å². The number of nitro groups is 1. The van der Waals surface area contributed by atoms with E-state index in [2.05, 4.69) is 15.6 Å². The SMILES string of the molecule is CNc1ccc(C(=O)NCc2cncs2)cc1[N+](=O)[O-]. The molecule has 0 saturated carbocycles. The fraction of sp³-hybridized carbons (Fsp3) is 0.167. The van der Waals surface area contributed by atoms with Gasteiger partial charge in [0, 0.05) is 29.8 Å². The summed E-state index contributed by atoms with van der Waals surface area (Å²) < 4.78 is 0. The monoisotopic (exact) mass is 292 g/mol. The van der Waals surface area contributed by atoms with Gasteiger partial charge in [-0.15, -0.1) is 11.3 Å². The largest absolute Gasteiger partial charge is 0.383 e. The van der Waals surface area contributed by atoms with Gasteiger partial charge in [-0.25, -0.2) is 0 Å². The van der Waals surface area contributed by atoms with Crippen LogP contribution < -0.4 is 10.6 Å². The Morgan fingerprint density at radius 2 is 2.30 bits per heavy atom. The van der Waals surface area contributed by atoms with Crippen molar-refractivity contribution < 1.29 is 9.72 Å². The zero-order chi connectivity index (χ0) is 14.5. The maximum Gasteiger partial charge on any atom is 0.293 e. The number of anilines is 1. The quantitative estimate of drug-likeness (QED) is 0.649. The van der Waals surface area contributed by atoms with Gasteiger partial charge in [0.1, 0.15) is 5.69 Å². The molecule has 0 fully saturated rings. The van der Waals surface area contributed by atoms with Gasteiger partial charge in [-0.3, -0.25) is 19.9 Å². The minimum Gasteiger partial charge on any atom is -0.383 e. The van der Waals surface area contributed by atoms with Crippen LogP contribution in [0.3, 0.4) is 0 Å². The average molecular weight is 292 g/mol. The average Bonchev–Trinajstić information content (AvgIpc) is 2.97. The van der Waals surface area contributed by atoms with Crippen molar-refractivity contribution in [2.24, 2.45) is 0 Å². The number of rotatable bonds is 5. The Balaban J connectivity index is 2.13. The van der Waals surface area contributed by atoms with Crippen LogP contribution in [0.2, 0.25) is 0 Å². The number of benzene rings is 1. The molecule has 1 aromatic carbocycles. The van der Waals surface area contributed by atoms with Crippen molar-refractivity contribution in [2.45, 2.75) is 6.54 Å². The maximum absolute atomic E-state index is 11.9. The summed E-state index contributed by atoms with van der Waals surface area (Å²) in [6, 6.07) is 4.31. The molecule has 0 spiro atoms. The van der Waals surface area contributed by atoms with Crippen molar-refractivity contribution in [3.8, 4) is 0 Å². The van der Waals surface area contributed by atoms with Crippen LogP contribution >= 0.6 is 11.3 Å². The standard InChI is InChI=1S/C12H12N4O3S/c1-13-10-3-2-8(4-11(10)16(18)19)12(17)15-6-9-5-14-7-20-9/h2-5,7,13H,6H2,1H3,(H,15,17). The lowest BCUT2D eigenvalue weighted by Gasteiger charge is -2.06. The zero-order valence-corrected chi connectivity index (χ0v) is 11.4. The molecule has 0 aliphatic carbocycles. The Hall–Kier alpha value is -2.48. The van der Waals surface area contributed by atoms with E-state index in [1.165, 1.54) is 23.5 Å². The molecule has 0 unspecified atom stereocenters. The molecule has 0 atom stereocenters. The van der Waals surface area contributed by atoms with Gasteiger partial charge in [-0.1, -0.05) is 0 Å². The molecule has 1 aromatic heterocycles. The normalized spacial score (nSPS) is 10.1. The lowest BCUT2D eigenvalue weighted by Crippen LogP contribution is -2.22. The van der Waals surface area contributed by atoms with Crippen molar-refractivity contribution in [3.63, 3.8) is 0 Å². The number of nitrogens with one attached hydrogen (secondary N) is 2. The van der Waals surface area contributed by atoms with Gasteiger partial charge in [0.25, 0.3) is 11.6 Å². The number of carbonyl (C=O) groups is 1. The number of hydrogen-bond acceptors (Lipinski definition) is 6. The molecule has 0 bridgehead atoms. The molecule has 2 rings (SSSR count). The minimum atomic E-state index is -0.522. The molecule has 1 heterocycles. The van der Waals surface area contributed by atoms with E-state index in [1.54, 1.807) is 24.8 Å². The second-order valence-corrected chi connectivity index (χ2v) is 4.86. The Morgan fingerprint density at radius 1 is 1.50 bits per heavy atom. The number of nitro benzene ring substituents is 1.